The Morgan fingerprint density at radius 2 is 0.473 bits per heavy atom. The molecule has 0 aliphatic heterocycles. The van der Waals surface area contributed by atoms with E-state index < -0.39 is 7.14 Å². The summed E-state index contributed by atoms with van der Waals surface area (Å²) in [6.45, 7) is 4.67. The summed E-state index contributed by atoms with van der Waals surface area (Å²) < 4.78 is 15.1. The molecule has 0 radical (unpaired) electrons. The Bertz CT molecular complexity index is 7970. The lowest BCUT2D eigenvalue weighted by Crippen LogP contribution is -2.24. The average molecular weight is 1670 g/mol. The molecule has 4 heterocycles. The molecule has 7 nitrogen and oxygen atoms in total. The van der Waals surface area contributed by atoms with Gasteiger partial charge >= 0.3 is 0 Å². The van der Waals surface area contributed by atoms with Crippen LogP contribution in [0.2, 0.25) is 0 Å². The smallest absolute Gasteiger partial charge is 0.171 e. The lowest BCUT2D eigenvalue weighted by molar-refractivity contribution is 0.592. The highest BCUT2D eigenvalue weighted by Crippen LogP contribution is 2.51. The monoisotopic (exact) mass is 1670 g/mol. The Hall–Kier alpha value is -16.3. The molecule has 129 heavy (non-hydrogen) atoms. The van der Waals surface area contributed by atoms with Crippen LogP contribution < -0.4 is 15.9 Å². The van der Waals surface area contributed by atoms with E-state index in [1.165, 1.54) is 66.4 Å². The predicted molar refractivity (Wildman–Crippen MR) is 537 cm³/mol. The van der Waals surface area contributed by atoms with Crippen molar-refractivity contribution in [3.05, 3.63) is 478 Å². The van der Waals surface area contributed by atoms with Gasteiger partial charge in [-0.05, 0) is 85.0 Å². The van der Waals surface area contributed by atoms with Crippen LogP contribution in [0.1, 0.15) is 25.0 Å². The third kappa shape index (κ3) is 14.8. The Morgan fingerprint density at radius 3 is 0.868 bits per heavy atom. The molecule has 0 N–H and O–H groups in total. The van der Waals surface area contributed by atoms with Crippen LogP contribution in [-0.2, 0) is 9.98 Å². The van der Waals surface area contributed by atoms with Gasteiger partial charge in [-0.1, -0.05) is 463 Å². The molecule has 18 aromatic carbocycles. The molecule has 4 aromatic heterocycles. The van der Waals surface area contributed by atoms with Crippen molar-refractivity contribution in [2.45, 2.75) is 19.3 Å². The third-order valence-corrected chi connectivity index (χ3v) is 28.4. The first-order valence-corrected chi connectivity index (χ1v) is 45.5. The van der Waals surface area contributed by atoms with E-state index in [9.17, 15) is 0 Å². The minimum Gasteiger partial charge on any atom is -0.309 e. The van der Waals surface area contributed by atoms with Gasteiger partial charge in [0.25, 0.3) is 0 Å². The molecule has 0 bridgehead atoms. The van der Waals surface area contributed by atoms with Crippen LogP contribution in [-0.4, -0.2) is 29.9 Å². The normalized spacial score (nSPS) is 12.0. The van der Waals surface area contributed by atoms with E-state index in [0.29, 0.717) is 11.6 Å². The maximum Gasteiger partial charge on any atom is 0.171 e. The zero-order chi connectivity index (χ0) is 86.4. The van der Waals surface area contributed by atoms with E-state index in [2.05, 4.69) is 335 Å². The highest BCUT2D eigenvalue weighted by Gasteiger charge is 2.36. The summed E-state index contributed by atoms with van der Waals surface area (Å²) in [6, 6.07) is 163. The van der Waals surface area contributed by atoms with Gasteiger partial charge in [0.1, 0.15) is 0 Å². The summed E-state index contributed by atoms with van der Waals surface area (Å²) >= 11 is 0. The molecule has 608 valence electrons. The molecule has 0 saturated heterocycles. The molecule has 0 unspecified atom stereocenters. The Labute approximate surface area is 750 Å². The number of rotatable bonds is 16. The average Bonchev–Trinajstić information content (AvgIpc) is 1.47. The fourth-order valence-electron chi connectivity index (χ4n) is 18.8. The summed E-state index contributed by atoms with van der Waals surface area (Å²) in [6.07, 6.45) is 0. The molecule has 0 fully saturated rings. The van der Waals surface area contributed by atoms with Crippen molar-refractivity contribution in [3.63, 3.8) is 0 Å². The molecule has 0 atom stereocenters. The summed E-state index contributed by atoms with van der Waals surface area (Å²) in [4.78, 5) is 31.5. The first kappa shape index (κ1) is 78.7. The van der Waals surface area contributed by atoms with Crippen LogP contribution in [0.25, 0.3) is 200 Å². The first-order valence-electron chi connectivity index (χ1n) is 43.8. The van der Waals surface area contributed by atoms with E-state index in [1.54, 1.807) is 0 Å². The highest BCUT2D eigenvalue weighted by molar-refractivity contribution is 7.85. The van der Waals surface area contributed by atoms with E-state index in [0.717, 1.165) is 149 Å². The number of nitrogens with zero attached hydrogens (tertiary/aromatic N) is 6. The summed E-state index contributed by atoms with van der Waals surface area (Å²) in [5.74, 6) is 1.33. The summed E-state index contributed by atoms with van der Waals surface area (Å²) in [5.41, 5.74) is 32.0. The number of fused-ring (bicyclic) bond motifs is 9. The van der Waals surface area contributed by atoms with Gasteiger partial charge in [-0.2, -0.15) is 0 Å². The van der Waals surface area contributed by atoms with Crippen molar-refractivity contribution in [1.29, 1.82) is 0 Å². The summed E-state index contributed by atoms with van der Waals surface area (Å²) in [5, 5.41) is 9.27. The molecule has 0 spiro atoms. The maximum absolute atomic E-state index is 15.1. The Balaban J connectivity index is 0.000000152. The van der Waals surface area contributed by atoms with Crippen molar-refractivity contribution >= 4 is 66.4 Å². The lowest BCUT2D eigenvalue weighted by Gasteiger charge is -2.22. The minimum atomic E-state index is -3.13. The van der Waals surface area contributed by atoms with Crippen molar-refractivity contribution in [3.8, 4) is 157 Å². The van der Waals surface area contributed by atoms with Crippen molar-refractivity contribution in [2.75, 3.05) is 0 Å². The molecule has 0 amide bonds. The summed E-state index contributed by atoms with van der Waals surface area (Å²) in [7, 11) is -3.13. The highest BCUT2D eigenvalue weighted by atomic mass is 31.2. The van der Waals surface area contributed by atoms with E-state index >= 15 is 4.57 Å². The second-order valence-corrected chi connectivity index (χ2v) is 36.2. The molecule has 22 aromatic rings. The number of hydrogen-bond acceptors (Lipinski definition) is 7. The van der Waals surface area contributed by atoms with E-state index in [-0.39, 0.29) is 5.41 Å². The van der Waals surface area contributed by atoms with Crippen molar-refractivity contribution in [2.24, 2.45) is 0 Å². The first-order chi connectivity index (χ1) is 63.6. The molecule has 1 aliphatic carbocycles. The van der Waals surface area contributed by atoms with Crippen LogP contribution in [0.4, 0.5) is 0 Å². The molecular formula is C121H83N6OP. The minimum absolute atomic E-state index is 0.0512. The molecule has 23 rings (SSSR count). The van der Waals surface area contributed by atoms with Crippen LogP contribution in [0.5, 0.6) is 0 Å². The zero-order valence-corrected chi connectivity index (χ0v) is 71.9. The third-order valence-electron chi connectivity index (χ3n) is 25.3. The van der Waals surface area contributed by atoms with Gasteiger partial charge in [0, 0.05) is 109 Å². The van der Waals surface area contributed by atoms with Gasteiger partial charge in [-0.3, -0.25) is 0 Å². The Morgan fingerprint density at radius 1 is 0.194 bits per heavy atom. The zero-order valence-electron chi connectivity index (χ0n) is 71.0. The van der Waals surface area contributed by atoms with Crippen LogP contribution in [0, 0.1) is 0 Å². The quantitative estimate of drug-likeness (QED) is 0.0702. The maximum atomic E-state index is 15.1. The fraction of sp³-hybridized carbons (Fsp3) is 0.0248. The van der Waals surface area contributed by atoms with Crippen LogP contribution in [0.15, 0.2) is 467 Å². The molecule has 0 saturated carbocycles. The molecule has 8 heteroatoms. The SMILES string of the molecule is CC1(C)c2ccccc2-c2ccc(-c3ccc(-c4cc(-c5ccc(-c6cccc7c6nc(-c6ccccc6)c6cccc(-c8ccccc8)c67)cc5)nc(-c5ccccc5)n4)cc3)cc21.O=P(c1ccccc1)(c1ccccc1)c1ccc(-c2cc(-c3ccc(-c4cccc5c4nc(-c4ccccc4)c4cccc(-c6ccccc6)c45)cc3)nc(-c3ccccc3)n2)cc1. The van der Waals surface area contributed by atoms with Gasteiger partial charge in [0.2, 0.25) is 0 Å². The molecular weight excluding hydrogens is 1580 g/mol. The topological polar surface area (TPSA) is 94.4 Å². The second-order valence-electron chi connectivity index (χ2n) is 33.4. The van der Waals surface area contributed by atoms with Crippen molar-refractivity contribution < 1.29 is 4.57 Å². The largest absolute Gasteiger partial charge is 0.309 e. The Kier molecular flexibility index (Phi) is 20.5. The molecule has 1 aliphatic rings. The van der Waals surface area contributed by atoms with Gasteiger partial charge < -0.3 is 4.57 Å². The van der Waals surface area contributed by atoms with Gasteiger partial charge in [0.15, 0.2) is 18.8 Å². The van der Waals surface area contributed by atoms with E-state index in [4.69, 9.17) is 29.9 Å². The van der Waals surface area contributed by atoms with E-state index in [1.807, 2.05) is 146 Å². The number of hydrogen-bond donors (Lipinski definition) is 0. The van der Waals surface area contributed by atoms with Crippen LogP contribution in [0.3, 0.4) is 0 Å². The standard InChI is InChI=1S/C62H43N3.C59H40N3OP/c1-62(2)54-27-13-12-22-50(54)51-37-36-47(38-55(51)62)40-28-32-43(33-29-40)56-39-57(64-61(63-56)46-20-10-5-11-21-46)44-34-30-42(31-35-44)49-24-15-26-53-58-48(41-16-6-3-7-17-41)23-14-25-52(58)59(65-60(49)53)45-18-8-4-9-19-45;63-64(47-24-12-4-13-25-47,48-26-14-5-15-27-48)49-38-36-44(37-39-49)55-40-54(60-59(61-55)46-22-10-3-11-23-46)43-34-32-42(33-35-43)51-29-17-31-53-56-50(41-18-6-1-7-19-41)28-16-30-52(56)57(62-58(51)53)45-20-8-2-9-21-45/h3-39H,1-2H3;1-40H. The van der Waals surface area contributed by atoms with Gasteiger partial charge in [0.05, 0.1) is 45.2 Å². The lowest BCUT2D eigenvalue weighted by atomic mass is 9.81. The van der Waals surface area contributed by atoms with Crippen molar-refractivity contribution in [1.82, 2.24) is 29.9 Å². The fourth-order valence-corrected chi connectivity index (χ4v) is 21.5. The predicted octanol–water partition coefficient (Wildman–Crippen LogP) is 30.0. The number of benzene rings is 18. The number of aromatic nitrogens is 6. The van der Waals surface area contributed by atoms with Gasteiger partial charge in [-0.25, -0.2) is 29.9 Å². The van der Waals surface area contributed by atoms with Crippen LogP contribution >= 0.6 is 7.14 Å². The number of para-hydroxylation sites is 2. The van der Waals surface area contributed by atoms with Gasteiger partial charge in [-0.15, -0.1) is 0 Å². The number of pyridine rings is 2. The second kappa shape index (κ2) is 33.6.